The number of rotatable bonds is 1. The average Bonchev–Trinajstić information content (AvgIpc) is 2.09. The van der Waals surface area contributed by atoms with E-state index in [1.807, 2.05) is 0 Å². The van der Waals surface area contributed by atoms with Gasteiger partial charge in [0.05, 0.1) is 0 Å². The maximum atomic E-state index is 12.2. The van der Waals surface area contributed by atoms with Gasteiger partial charge in [-0.3, -0.25) is 0 Å². The maximum Gasteiger partial charge on any atom is 0.310 e. The van der Waals surface area contributed by atoms with E-state index in [2.05, 4.69) is 13.2 Å². The van der Waals surface area contributed by atoms with E-state index in [1.165, 1.54) is 0 Å². The summed E-state index contributed by atoms with van der Waals surface area (Å²) < 4.78 is 60.9. The fraction of sp³-hybridized carbons (Fsp3) is 0.111. The van der Waals surface area contributed by atoms with Gasteiger partial charge >= 0.3 is 10.2 Å². The first-order valence-corrected chi connectivity index (χ1v) is 5.89. The van der Waals surface area contributed by atoms with E-state index in [0.29, 0.717) is 6.07 Å². The molecule has 0 aliphatic rings. The van der Waals surface area contributed by atoms with Gasteiger partial charge in [-0.25, -0.2) is 0 Å². The van der Waals surface area contributed by atoms with Crippen LogP contribution in [-0.2, 0) is 0 Å². The summed E-state index contributed by atoms with van der Waals surface area (Å²) in [7, 11) is -9.60. The second-order valence-corrected chi connectivity index (χ2v) is 5.33. The quantitative estimate of drug-likeness (QED) is 0.547. The Labute approximate surface area is 89.9 Å². The van der Waals surface area contributed by atoms with E-state index in [9.17, 15) is 19.4 Å². The Bertz CT molecular complexity index is 397. The molecule has 1 N–H and O–H groups in total. The van der Waals surface area contributed by atoms with Gasteiger partial charge in [-0.05, 0) is 30.7 Å². The van der Waals surface area contributed by atoms with Gasteiger partial charge in [-0.2, -0.15) is 0 Å². The van der Waals surface area contributed by atoms with Crippen molar-refractivity contribution in [2.24, 2.45) is 0 Å². The van der Waals surface area contributed by atoms with Crippen molar-refractivity contribution in [3.05, 3.63) is 36.9 Å². The van der Waals surface area contributed by atoms with E-state index in [1.54, 1.807) is 0 Å². The molecule has 0 unspecified atom stereocenters. The van der Waals surface area contributed by atoms with Crippen molar-refractivity contribution in [2.75, 3.05) is 0 Å². The summed E-state index contributed by atoms with van der Waals surface area (Å²) >= 11 is 0. The second kappa shape index (κ2) is 3.38. The Morgan fingerprint density at radius 1 is 1.06 bits per heavy atom. The number of benzene rings is 1. The third kappa shape index (κ3) is 3.73. The summed E-state index contributed by atoms with van der Waals surface area (Å²) in [4.78, 5) is -1.99. The van der Waals surface area contributed by atoms with E-state index >= 15 is 0 Å². The van der Waals surface area contributed by atoms with Crippen LogP contribution in [0.15, 0.2) is 36.3 Å². The third-order valence-corrected chi connectivity index (χ3v) is 2.76. The van der Waals surface area contributed by atoms with Gasteiger partial charge in [0.1, 0.15) is 10.6 Å². The molecule has 7 heteroatoms. The molecule has 0 heterocycles. The van der Waals surface area contributed by atoms with Crippen molar-refractivity contribution in [2.45, 2.75) is 11.8 Å². The Hall–Kier alpha value is -1.24. The molecule has 1 aromatic rings. The first-order chi connectivity index (χ1) is 6.90. The molecule has 0 radical (unpaired) electrons. The molecule has 0 spiro atoms. The summed E-state index contributed by atoms with van der Waals surface area (Å²) in [5.74, 6) is -0.449. The smallest absolute Gasteiger partial charge is 0.310 e. The minimum atomic E-state index is -9.60. The molecule has 0 aliphatic carbocycles. The molecule has 1 rings (SSSR count). The Kier molecular flexibility index (Phi) is 3.11. The van der Waals surface area contributed by atoms with Crippen LogP contribution in [0, 0.1) is 6.92 Å². The molecule has 0 amide bonds. The minimum absolute atomic E-state index is 0.171. The molecule has 0 fully saturated rings. The molecule has 1 aromatic carbocycles. The van der Waals surface area contributed by atoms with Crippen molar-refractivity contribution in [3.63, 3.8) is 0 Å². The molecule has 94 valence electrons. The molecule has 1 nitrogen and oxygen atoms in total. The Morgan fingerprint density at radius 3 is 1.81 bits per heavy atom. The molecular formula is C9H11F5OS. The van der Waals surface area contributed by atoms with Crippen LogP contribution in [0.25, 0.3) is 0 Å². The van der Waals surface area contributed by atoms with Crippen LogP contribution in [0.1, 0.15) is 5.56 Å². The van der Waals surface area contributed by atoms with Gasteiger partial charge in [0, 0.05) is 0 Å². The normalized spacial score (nSPS) is 15.4. The van der Waals surface area contributed by atoms with Crippen LogP contribution < -0.4 is 0 Å². The molecule has 0 aliphatic heterocycles. The summed E-state index contributed by atoms with van der Waals surface area (Å²) in [5.41, 5.74) is -0.240. The van der Waals surface area contributed by atoms with Crippen LogP contribution in [0.3, 0.4) is 0 Å². The first kappa shape index (κ1) is 14.8. The van der Waals surface area contributed by atoms with Gasteiger partial charge in [-0.1, -0.05) is 19.4 Å². The number of halogens is 5. The van der Waals surface area contributed by atoms with Crippen molar-refractivity contribution in [1.29, 1.82) is 0 Å². The van der Waals surface area contributed by atoms with Crippen LogP contribution in [-0.4, -0.2) is 5.11 Å². The monoisotopic (exact) mass is 262 g/mol. The summed E-state index contributed by atoms with van der Waals surface area (Å²) in [6, 6.07) is 1.00. The zero-order valence-electron chi connectivity index (χ0n) is 8.39. The van der Waals surface area contributed by atoms with Gasteiger partial charge in [0.15, 0.2) is 0 Å². The van der Waals surface area contributed by atoms with Crippen molar-refractivity contribution in [3.8, 4) is 5.75 Å². The second-order valence-electron chi connectivity index (χ2n) is 2.92. The van der Waals surface area contributed by atoms with E-state index in [0.717, 1.165) is 6.92 Å². The first-order valence-electron chi connectivity index (χ1n) is 3.94. The highest BCUT2D eigenvalue weighted by Crippen LogP contribution is 3.02. The highest BCUT2D eigenvalue weighted by atomic mass is 32.5. The number of aryl methyl sites for hydroxylation is 1. The van der Waals surface area contributed by atoms with Crippen molar-refractivity contribution < 1.29 is 24.5 Å². The third-order valence-electron chi connectivity index (χ3n) is 1.61. The lowest BCUT2D eigenvalue weighted by molar-refractivity contribution is 0.363. The SMILES string of the molecule is C=C.Cc1cc(S(F)(F)(F)(F)F)ccc1O. The standard InChI is InChI=1S/C7H7F5OS.C2H4/c1-5-4-6(2-3-7(5)13)14(8,9,10,11)12;1-2/h2-4,13H,1H3;1-2H2. The van der Waals surface area contributed by atoms with Crippen molar-refractivity contribution >= 4 is 10.2 Å². The largest absolute Gasteiger partial charge is 0.508 e. The Morgan fingerprint density at radius 2 is 1.50 bits per heavy atom. The molecule has 0 aromatic heterocycles. The lowest BCUT2D eigenvalue weighted by Crippen LogP contribution is -2.05. The predicted molar refractivity (Wildman–Crippen MR) is 55.5 cm³/mol. The molecule has 0 bridgehead atoms. The van der Waals surface area contributed by atoms with Gasteiger partial charge in [-0.15, -0.1) is 13.2 Å². The van der Waals surface area contributed by atoms with Gasteiger partial charge in [0.25, 0.3) is 0 Å². The Balaban J connectivity index is 0.00000106. The zero-order valence-corrected chi connectivity index (χ0v) is 9.21. The topological polar surface area (TPSA) is 20.2 Å². The molecule has 0 saturated carbocycles. The highest BCUT2D eigenvalue weighted by Gasteiger charge is 2.65. The fourth-order valence-corrected chi connectivity index (χ4v) is 1.59. The maximum absolute atomic E-state index is 12.2. The summed E-state index contributed by atoms with van der Waals surface area (Å²) in [5, 5.41) is 8.88. The van der Waals surface area contributed by atoms with Crippen LogP contribution in [0.5, 0.6) is 5.75 Å². The molecule has 0 saturated heterocycles. The van der Waals surface area contributed by atoms with Crippen LogP contribution in [0.2, 0.25) is 0 Å². The fourth-order valence-electron chi connectivity index (χ4n) is 0.868. The molecule has 16 heavy (non-hydrogen) atoms. The highest BCUT2D eigenvalue weighted by molar-refractivity contribution is 8.45. The zero-order chi connectivity index (χ0) is 13.3. The lowest BCUT2D eigenvalue weighted by Gasteiger charge is -2.40. The number of phenolic OH excluding ortho intramolecular Hbond substituents is 1. The van der Waals surface area contributed by atoms with E-state index in [4.69, 9.17) is 5.11 Å². The number of aromatic hydroxyl groups is 1. The van der Waals surface area contributed by atoms with Crippen LogP contribution >= 0.6 is 10.2 Å². The van der Waals surface area contributed by atoms with E-state index < -0.39 is 20.9 Å². The van der Waals surface area contributed by atoms with Gasteiger partial charge in [0.2, 0.25) is 0 Å². The van der Waals surface area contributed by atoms with E-state index in [-0.39, 0.29) is 17.7 Å². The summed E-state index contributed by atoms with van der Waals surface area (Å²) in [6.45, 7) is 7.11. The number of hydrogen-bond acceptors (Lipinski definition) is 1. The number of phenols is 1. The summed E-state index contributed by atoms with van der Waals surface area (Å²) in [6.07, 6.45) is 0. The predicted octanol–water partition coefficient (Wildman–Crippen LogP) is 5.16. The average molecular weight is 262 g/mol. The minimum Gasteiger partial charge on any atom is -0.508 e. The number of hydrogen-bond donors (Lipinski definition) is 1. The van der Waals surface area contributed by atoms with Crippen LogP contribution in [0.4, 0.5) is 19.4 Å². The molecule has 0 atom stereocenters. The van der Waals surface area contributed by atoms with Crippen molar-refractivity contribution in [1.82, 2.24) is 0 Å². The van der Waals surface area contributed by atoms with Gasteiger partial charge < -0.3 is 5.11 Å². The lowest BCUT2D eigenvalue weighted by atomic mass is 10.2. The molecular weight excluding hydrogens is 251 g/mol.